The lowest BCUT2D eigenvalue weighted by Gasteiger charge is -2.05. The molecule has 0 atom stereocenters. The predicted molar refractivity (Wildman–Crippen MR) is 94.8 cm³/mol. The lowest BCUT2D eigenvalue weighted by Crippen LogP contribution is -1.97. The average Bonchev–Trinajstić information content (AvgIpc) is 3.15. The highest BCUT2D eigenvalue weighted by Crippen LogP contribution is 2.33. The third-order valence-electron chi connectivity index (χ3n) is 3.82. The van der Waals surface area contributed by atoms with E-state index in [2.05, 4.69) is 10.1 Å². The van der Waals surface area contributed by atoms with Crippen LogP contribution < -0.4 is 0 Å². The van der Waals surface area contributed by atoms with Crippen molar-refractivity contribution in [3.05, 3.63) is 59.9 Å². The van der Waals surface area contributed by atoms with Crippen LogP contribution in [-0.4, -0.2) is 29.3 Å². The minimum Gasteiger partial charge on any atom is -0.224 e. The summed E-state index contributed by atoms with van der Waals surface area (Å²) in [5, 5.41) is 4.31. The molecule has 0 bridgehead atoms. The zero-order valence-electron chi connectivity index (χ0n) is 13.0. The van der Waals surface area contributed by atoms with E-state index in [9.17, 15) is 12.8 Å². The molecule has 126 valence electrons. The molecule has 0 aliphatic rings. The number of nitrogens with zero attached hydrogens (tertiary/aromatic N) is 3. The summed E-state index contributed by atoms with van der Waals surface area (Å²) in [7, 11) is -3.26. The Morgan fingerprint density at radius 3 is 2.28 bits per heavy atom. The van der Waals surface area contributed by atoms with Gasteiger partial charge in [-0.25, -0.2) is 22.3 Å². The van der Waals surface area contributed by atoms with Crippen LogP contribution in [0.5, 0.6) is 0 Å². The van der Waals surface area contributed by atoms with Crippen LogP contribution in [0.3, 0.4) is 0 Å². The van der Waals surface area contributed by atoms with Crippen molar-refractivity contribution in [2.45, 2.75) is 4.90 Å². The summed E-state index contributed by atoms with van der Waals surface area (Å²) in [6.45, 7) is 0. The van der Waals surface area contributed by atoms with Crippen molar-refractivity contribution < 1.29 is 12.8 Å². The van der Waals surface area contributed by atoms with Gasteiger partial charge in [-0.3, -0.25) is 0 Å². The Morgan fingerprint density at radius 2 is 1.64 bits per heavy atom. The molecule has 0 saturated heterocycles. The van der Waals surface area contributed by atoms with Crippen LogP contribution in [0, 0.1) is 5.82 Å². The van der Waals surface area contributed by atoms with Crippen LogP contribution in [0.15, 0.2) is 58.9 Å². The van der Waals surface area contributed by atoms with E-state index in [-0.39, 0.29) is 10.7 Å². The lowest BCUT2D eigenvalue weighted by molar-refractivity contribution is 0.602. The fourth-order valence-corrected chi connectivity index (χ4v) is 3.87. The molecule has 0 radical (unpaired) electrons. The van der Waals surface area contributed by atoms with Gasteiger partial charge >= 0.3 is 0 Å². The number of benzene rings is 2. The Hall–Kier alpha value is -2.58. The van der Waals surface area contributed by atoms with Crippen molar-refractivity contribution in [1.82, 2.24) is 14.6 Å². The third-order valence-corrected chi connectivity index (χ3v) is 5.62. The molecule has 8 heteroatoms. The van der Waals surface area contributed by atoms with Crippen molar-refractivity contribution in [3.8, 4) is 22.5 Å². The smallest absolute Gasteiger partial charge is 0.213 e. The summed E-state index contributed by atoms with van der Waals surface area (Å²) in [5.41, 5.74) is 4.64. The Kier molecular flexibility index (Phi) is 3.66. The maximum Gasteiger partial charge on any atom is 0.213 e. The van der Waals surface area contributed by atoms with Crippen molar-refractivity contribution in [2.24, 2.45) is 0 Å². The van der Waals surface area contributed by atoms with Crippen LogP contribution in [0.25, 0.3) is 27.5 Å². The number of imidazole rings is 1. The quantitative estimate of drug-likeness (QED) is 0.550. The monoisotopic (exact) mass is 373 g/mol. The van der Waals surface area contributed by atoms with E-state index in [4.69, 9.17) is 0 Å². The molecule has 0 unspecified atom stereocenters. The van der Waals surface area contributed by atoms with Gasteiger partial charge in [-0.2, -0.15) is 5.10 Å². The number of fused-ring (bicyclic) bond motifs is 1. The standard InChI is InChI=1S/C17H12FN3O2S2/c1-25(22,23)14-8-4-12(5-9-14)16-15(11-2-6-13(18)7-3-11)20-17-21(16)19-10-24-17/h2-10H,1H3. The van der Waals surface area contributed by atoms with E-state index in [1.54, 1.807) is 46.4 Å². The van der Waals surface area contributed by atoms with E-state index in [0.717, 1.165) is 16.8 Å². The summed E-state index contributed by atoms with van der Waals surface area (Å²) < 4.78 is 38.3. The Morgan fingerprint density at radius 1 is 1.00 bits per heavy atom. The SMILES string of the molecule is CS(=O)(=O)c1ccc(-c2c(-c3ccc(F)cc3)nc3scnn23)cc1. The second kappa shape index (κ2) is 5.75. The highest BCUT2D eigenvalue weighted by atomic mass is 32.2. The van der Waals surface area contributed by atoms with Crippen molar-refractivity contribution in [3.63, 3.8) is 0 Å². The number of sulfone groups is 1. The van der Waals surface area contributed by atoms with Gasteiger partial charge < -0.3 is 0 Å². The maximum atomic E-state index is 13.2. The van der Waals surface area contributed by atoms with Gasteiger partial charge in [0.05, 0.1) is 4.90 Å². The summed E-state index contributed by atoms with van der Waals surface area (Å²) >= 11 is 1.39. The first-order chi connectivity index (χ1) is 11.9. The van der Waals surface area contributed by atoms with Crippen LogP contribution in [-0.2, 0) is 9.84 Å². The summed E-state index contributed by atoms with van der Waals surface area (Å²) in [5.74, 6) is -0.318. The van der Waals surface area contributed by atoms with Gasteiger partial charge in [0.15, 0.2) is 9.84 Å². The Bertz CT molecular complexity index is 1160. The van der Waals surface area contributed by atoms with E-state index < -0.39 is 9.84 Å². The van der Waals surface area contributed by atoms with Gasteiger partial charge in [0.2, 0.25) is 4.96 Å². The van der Waals surface area contributed by atoms with Crippen LogP contribution in [0.2, 0.25) is 0 Å². The van der Waals surface area contributed by atoms with Crippen LogP contribution in [0.4, 0.5) is 4.39 Å². The second-order valence-electron chi connectivity index (χ2n) is 5.55. The normalized spacial score (nSPS) is 11.9. The van der Waals surface area contributed by atoms with Gasteiger partial charge in [-0.1, -0.05) is 23.5 Å². The predicted octanol–water partition coefficient (Wildman–Crippen LogP) is 3.67. The van der Waals surface area contributed by atoms with E-state index >= 15 is 0 Å². The molecule has 25 heavy (non-hydrogen) atoms. The first-order valence-electron chi connectivity index (χ1n) is 7.32. The molecule has 0 amide bonds. The zero-order chi connectivity index (χ0) is 17.6. The van der Waals surface area contributed by atoms with E-state index in [1.165, 1.54) is 29.7 Å². The number of hydrogen-bond acceptors (Lipinski definition) is 5. The highest BCUT2D eigenvalue weighted by Gasteiger charge is 2.18. The van der Waals surface area contributed by atoms with Crippen molar-refractivity contribution >= 4 is 26.1 Å². The summed E-state index contributed by atoms with van der Waals surface area (Å²) in [4.78, 5) is 5.56. The Balaban J connectivity index is 1.92. The van der Waals surface area contributed by atoms with Gasteiger partial charge in [0, 0.05) is 17.4 Å². The van der Waals surface area contributed by atoms with E-state index in [1.807, 2.05) is 0 Å². The number of aromatic nitrogens is 3. The third kappa shape index (κ3) is 2.83. The number of rotatable bonds is 3. The van der Waals surface area contributed by atoms with Crippen molar-refractivity contribution in [2.75, 3.05) is 6.26 Å². The van der Waals surface area contributed by atoms with Crippen LogP contribution >= 0.6 is 11.3 Å². The molecule has 0 N–H and O–H groups in total. The van der Waals surface area contributed by atoms with Gasteiger partial charge in [0.1, 0.15) is 22.7 Å². The minimum atomic E-state index is -3.26. The molecule has 0 fully saturated rings. The Labute approximate surface area is 147 Å². The lowest BCUT2D eigenvalue weighted by atomic mass is 10.1. The summed E-state index contributed by atoms with van der Waals surface area (Å²) in [6, 6.07) is 12.7. The summed E-state index contributed by atoms with van der Waals surface area (Å²) in [6.07, 6.45) is 1.17. The molecule has 2 aromatic carbocycles. The largest absolute Gasteiger partial charge is 0.224 e. The minimum absolute atomic E-state index is 0.249. The molecule has 0 aliphatic carbocycles. The number of hydrogen-bond donors (Lipinski definition) is 0. The van der Waals surface area contributed by atoms with Crippen LogP contribution in [0.1, 0.15) is 0 Å². The molecular weight excluding hydrogens is 361 g/mol. The fourth-order valence-electron chi connectivity index (χ4n) is 2.62. The maximum absolute atomic E-state index is 13.2. The molecule has 0 aliphatic heterocycles. The highest BCUT2D eigenvalue weighted by molar-refractivity contribution is 7.90. The average molecular weight is 373 g/mol. The van der Waals surface area contributed by atoms with Gasteiger partial charge in [-0.05, 0) is 36.4 Å². The molecule has 0 spiro atoms. The molecule has 5 nitrogen and oxygen atoms in total. The first-order valence-corrected chi connectivity index (χ1v) is 10.1. The molecule has 4 aromatic rings. The molecule has 4 rings (SSSR count). The molecule has 2 aromatic heterocycles. The second-order valence-corrected chi connectivity index (χ2v) is 8.37. The van der Waals surface area contributed by atoms with Crippen molar-refractivity contribution in [1.29, 1.82) is 0 Å². The van der Waals surface area contributed by atoms with Gasteiger partial charge in [-0.15, -0.1) is 0 Å². The topological polar surface area (TPSA) is 64.3 Å². The fraction of sp³-hybridized carbons (Fsp3) is 0.0588. The van der Waals surface area contributed by atoms with E-state index in [0.29, 0.717) is 10.7 Å². The molecule has 0 saturated carbocycles. The first kappa shape index (κ1) is 15.9. The van der Waals surface area contributed by atoms with Gasteiger partial charge in [0.25, 0.3) is 0 Å². The zero-order valence-corrected chi connectivity index (χ0v) is 14.7. The number of halogens is 1. The molecule has 2 heterocycles. The molecular formula is C17H12FN3O2S2.